The van der Waals surface area contributed by atoms with Gasteiger partial charge in [-0.3, -0.25) is 4.79 Å². The zero-order valence-corrected chi connectivity index (χ0v) is 14.2. The highest BCUT2D eigenvalue weighted by Gasteiger charge is 2.53. The van der Waals surface area contributed by atoms with Crippen molar-refractivity contribution in [3.8, 4) is 0 Å². The average Bonchev–Trinajstić information content (AvgIpc) is 3.26. The monoisotopic (exact) mass is 325 g/mol. The molecule has 24 heavy (non-hydrogen) atoms. The summed E-state index contributed by atoms with van der Waals surface area (Å²) in [5.74, 6) is 1.07. The number of rotatable bonds is 4. The van der Waals surface area contributed by atoms with E-state index in [0.29, 0.717) is 0 Å². The van der Waals surface area contributed by atoms with Gasteiger partial charge in [-0.25, -0.2) is 4.98 Å². The molecule has 3 heterocycles. The van der Waals surface area contributed by atoms with Crippen molar-refractivity contribution in [2.24, 2.45) is 5.41 Å². The lowest BCUT2D eigenvalue weighted by Gasteiger charge is -2.29. The number of anilines is 1. The van der Waals surface area contributed by atoms with Gasteiger partial charge in [0.1, 0.15) is 5.82 Å². The van der Waals surface area contributed by atoms with Crippen LogP contribution in [-0.2, 0) is 16.1 Å². The molecule has 1 N–H and O–H groups in total. The van der Waals surface area contributed by atoms with Crippen LogP contribution in [0.1, 0.15) is 37.6 Å². The number of hydrogen-bond donors (Lipinski definition) is 1. The van der Waals surface area contributed by atoms with Crippen LogP contribution < -0.4 is 5.32 Å². The molecule has 126 valence electrons. The lowest BCUT2D eigenvalue weighted by Crippen LogP contribution is -2.41. The van der Waals surface area contributed by atoms with E-state index in [-0.39, 0.29) is 18.1 Å². The number of nitrogens with zero attached hydrogens (tertiary/aromatic N) is 2. The van der Waals surface area contributed by atoms with Gasteiger partial charge in [0.05, 0.1) is 17.6 Å². The van der Waals surface area contributed by atoms with Crippen molar-refractivity contribution in [3.63, 3.8) is 0 Å². The third-order valence-electron chi connectivity index (χ3n) is 5.48. The highest BCUT2D eigenvalue weighted by Crippen LogP contribution is 2.48. The average molecular weight is 325 g/mol. The third-order valence-corrected chi connectivity index (χ3v) is 5.48. The van der Waals surface area contributed by atoms with Gasteiger partial charge in [0.15, 0.2) is 0 Å². The van der Waals surface area contributed by atoms with Gasteiger partial charge in [0, 0.05) is 24.6 Å². The second kappa shape index (κ2) is 5.74. The molecule has 0 saturated carbocycles. The number of ether oxygens (including phenoxy) is 1. The Morgan fingerprint density at radius 2 is 2.17 bits per heavy atom. The van der Waals surface area contributed by atoms with Crippen molar-refractivity contribution in [1.29, 1.82) is 0 Å². The van der Waals surface area contributed by atoms with E-state index in [1.807, 2.05) is 38.4 Å². The number of carbonyl (C=O) groups is 1. The number of aromatic nitrogens is 2. The molecule has 4 rings (SSSR count). The molecule has 2 bridgehead atoms. The van der Waals surface area contributed by atoms with Crippen molar-refractivity contribution in [1.82, 2.24) is 9.55 Å². The second-order valence-electron chi connectivity index (χ2n) is 7.20. The topological polar surface area (TPSA) is 56.2 Å². The van der Waals surface area contributed by atoms with Crippen LogP contribution in [-0.4, -0.2) is 27.7 Å². The van der Waals surface area contributed by atoms with Gasteiger partial charge >= 0.3 is 0 Å². The number of carbonyl (C=O) groups excluding carboxylic acids is 1. The molecule has 5 heteroatoms. The molecule has 0 radical (unpaired) electrons. The Labute approximate surface area is 142 Å². The third kappa shape index (κ3) is 2.63. The van der Waals surface area contributed by atoms with E-state index >= 15 is 0 Å². The molecule has 2 aromatic rings. The summed E-state index contributed by atoms with van der Waals surface area (Å²) < 4.78 is 7.96. The van der Waals surface area contributed by atoms with Crippen LogP contribution in [0.2, 0.25) is 0 Å². The Morgan fingerprint density at radius 1 is 1.38 bits per heavy atom. The van der Waals surface area contributed by atoms with E-state index in [2.05, 4.69) is 27.0 Å². The quantitative estimate of drug-likeness (QED) is 0.939. The predicted molar refractivity (Wildman–Crippen MR) is 91.8 cm³/mol. The van der Waals surface area contributed by atoms with Crippen LogP contribution in [0.15, 0.2) is 36.7 Å². The number of imidazole rings is 1. The van der Waals surface area contributed by atoms with Crippen molar-refractivity contribution in [2.75, 3.05) is 5.32 Å². The minimum absolute atomic E-state index is 0.0750. The number of hydrogen-bond acceptors (Lipinski definition) is 3. The number of benzene rings is 1. The molecule has 2 fully saturated rings. The first-order valence-corrected chi connectivity index (χ1v) is 8.58. The molecule has 0 unspecified atom stereocenters. The van der Waals surface area contributed by atoms with Gasteiger partial charge < -0.3 is 14.6 Å². The van der Waals surface area contributed by atoms with E-state index in [0.717, 1.165) is 37.3 Å². The number of aryl methyl sites for hydroxylation is 1. The summed E-state index contributed by atoms with van der Waals surface area (Å²) in [6.07, 6.45) is 7.05. The van der Waals surface area contributed by atoms with Crippen molar-refractivity contribution in [3.05, 3.63) is 48.0 Å². The standard InChI is InChI=1S/C19H23N3O2/c1-13-20-9-10-22(13)12-14-3-5-15(6-4-14)21-18(23)19(2)11-16-7-8-17(19)24-16/h3-6,9-10,16-17H,7-8,11-12H2,1-2H3,(H,21,23)/t16-,17-,19+/m1/s1. The molecule has 0 aliphatic carbocycles. The summed E-state index contributed by atoms with van der Waals surface area (Å²) in [6.45, 7) is 4.81. The maximum atomic E-state index is 12.7. The van der Waals surface area contributed by atoms with Gasteiger partial charge in [0.25, 0.3) is 0 Å². The fourth-order valence-electron chi connectivity index (χ4n) is 3.90. The highest BCUT2D eigenvalue weighted by atomic mass is 16.5. The molecular formula is C19H23N3O2. The lowest BCUT2D eigenvalue weighted by molar-refractivity contribution is -0.127. The Balaban J connectivity index is 1.42. The number of nitrogens with one attached hydrogen (secondary N) is 1. The first-order chi connectivity index (χ1) is 11.5. The molecule has 3 atom stereocenters. The Hall–Kier alpha value is -2.14. The fraction of sp³-hybridized carbons (Fsp3) is 0.474. The van der Waals surface area contributed by atoms with Crippen LogP contribution in [0.3, 0.4) is 0 Å². The summed E-state index contributed by atoms with van der Waals surface area (Å²) in [5, 5.41) is 3.07. The van der Waals surface area contributed by atoms with E-state index in [4.69, 9.17) is 4.74 Å². The van der Waals surface area contributed by atoms with Crippen LogP contribution in [0, 0.1) is 12.3 Å². The predicted octanol–water partition coefficient (Wildman–Crippen LogP) is 3.14. The van der Waals surface area contributed by atoms with Crippen LogP contribution in [0.25, 0.3) is 0 Å². The smallest absolute Gasteiger partial charge is 0.233 e. The minimum atomic E-state index is -0.393. The molecule has 1 aromatic heterocycles. The SMILES string of the molecule is Cc1nccn1Cc1ccc(NC(=O)[C@@]2(C)C[C@H]3CC[C@H]2O3)cc1. The maximum Gasteiger partial charge on any atom is 0.233 e. The van der Waals surface area contributed by atoms with Crippen LogP contribution >= 0.6 is 0 Å². The molecule has 1 amide bonds. The molecule has 2 aliphatic heterocycles. The summed E-state index contributed by atoms with van der Waals surface area (Å²) in [5.41, 5.74) is 1.63. The lowest BCUT2D eigenvalue weighted by atomic mass is 9.75. The summed E-state index contributed by atoms with van der Waals surface area (Å²) in [7, 11) is 0. The van der Waals surface area contributed by atoms with E-state index in [1.54, 1.807) is 0 Å². The largest absolute Gasteiger partial charge is 0.374 e. The van der Waals surface area contributed by atoms with E-state index in [9.17, 15) is 4.79 Å². The normalized spacial score (nSPS) is 28.2. The van der Waals surface area contributed by atoms with Crippen LogP contribution in [0.4, 0.5) is 5.69 Å². The van der Waals surface area contributed by atoms with Crippen molar-refractivity contribution in [2.45, 2.75) is 51.9 Å². The summed E-state index contributed by atoms with van der Waals surface area (Å²) in [4.78, 5) is 16.9. The molecule has 1 aromatic carbocycles. The Bertz CT molecular complexity index is 752. The Kier molecular flexibility index (Phi) is 3.68. The summed E-state index contributed by atoms with van der Waals surface area (Å²) in [6, 6.07) is 8.04. The van der Waals surface area contributed by atoms with Gasteiger partial charge in [-0.15, -0.1) is 0 Å². The van der Waals surface area contributed by atoms with Gasteiger partial charge in [-0.05, 0) is 50.8 Å². The Morgan fingerprint density at radius 3 is 2.75 bits per heavy atom. The molecular weight excluding hydrogens is 302 g/mol. The van der Waals surface area contributed by atoms with Gasteiger partial charge in [0.2, 0.25) is 5.91 Å². The zero-order chi connectivity index (χ0) is 16.7. The first-order valence-electron chi connectivity index (χ1n) is 8.58. The zero-order valence-electron chi connectivity index (χ0n) is 14.2. The summed E-state index contributed by atoms with van der Waals surface area (Å²) >= 11 is 0. The maximum absolute atomic E-state index is 12.7. The first kappa shape index (κ1) is 15.4. The number of fused-ring (bicyclic) bond motifs is 2. The van der Waals surface area contributed by atoms with E-state index in [1.165, 1.54) is 5.56 Å². The van der Waals surface area contributed by atoms with Crippen LogP contribution in [0.5, 0.6) is 0 Å². The fourth-order valence-corrected chi connectivity index (χ4v) is 3.90. The molecule has 2 aliphatic rings. The second-order valence-corrected chi connectivity index (χ2v) is 7.20. The van der Waals surface area contributed by atoms with E-state index < -0.39 is 5.41 Å². The molecule has 2 saturated heterocycles. The highest BCUT2D eigenvalue weighted by molar-refractivity contribution is 5.95. The van der Waals surface area contributed by atoms with Crippen molar-refractivity contribution < 1.29 is 9.53 Å². The van der Waals surface area contributed by atoms with Crippen molar-refractivity contribution >= 4 is 11.6 Å². The minimum Gasteiger partial charge on any atom is -0.374 e. The van der Waals surface area contributed by atoms with Gasteiger partial charge in [-0.1, -0.05) is 12.1 Å². The molecule has 5 nitrogen and oxygen atoms in total. The number of amides is 1. The van der Waals surface area contributed by atoms with Gasteiger partial charge in [-0.2, -0.15) is 0 Å². The molecule has 0 spiro atoms.